The molecular weight excluding hydrogens is 228 g/mol. The molecule has 0 amide bonds. The second-order valence-electron chi connectivity index (χ2n) is 5.25. The van der Waals surface area contributed by atoms with Crippen LogP contribution < -0.4 is 0 Å². The van der Waals surface area contributed by atoms with Gasteiger partial charge in [-0.1, -0.05) is 6.07 Å². The molecule has 0 saturated carbocycles. The van der Waals surface area contributed by atoms with Crippen molar-refractivity contribution in [3.8, 4) is 0 Å². The van der Waals surface area contributed by atoms with Crippen LogP contribution in [0.5, 0.6) is 0 Å². The van der Waals surface area contributed by atoms with Crippen LogP contribution in [0.25, 0.3) is 11.0 Å². The van der Waals surface area contributed by atoms with Gasteiger partial charge in [0.05, 0.1) is 15.8 Å². The molecule has 2 heterocycles. The number of aryl methyl sites for hydroxylation is 2. The number of rotatable bonds is 1. The zero-order chi connectivity index (χ0) is 12.0. The Kier molecular flexibility index (Phi) is 2.47. The number of hydrogen-bond donors (Lipinski definition) is 1. The Labute approximate surface area is 106 Å². The van der Waals surface area contributed by atoms with Gasteiger partial charge in [-0.25, -0.2) is 4.98 Å². The van der Waals surface area contributed by atoms with Gasteiger partial charge in [0, 0.05) is 0 Å². The van der Waals surface area contributed by atoms with Gasteiger partial charge in [0.15, 0.2) is 0 Å². The molecule has 1 saturated heterocycles. The van der Waals surface area contributed by atoms with E-state index in [0.717, 1.165) is 11.3 Å². The maximum Gasteiger partial charge on any atom is 0.123 e. The molecule has 0 aliphatic carbocycles. The number of imidazole rings is 1. The molecule has 1 aromatic heterocycles. The molecule has 17 heavy (non-hydrogen) atoms. The molecule has 3 heteroatoms. The summed E-state index contributed by atoms with van der Waals surface area (Å²) < 4.78 is 0.194. The fraction of sp³-hybridized carbons (Fsp3) is 0.500. The summed E-state index contributed by atoms with van der Waals surface area (Å²) in [5, 5.41) is 0. The lowest BCUT2D eigenvalue weighted by Crippen LogP contribution is -2.14. The van der Waals surface area contributed by atoms with Gasteiger partial charge in [-0.2, -0.15) is 0 Å². The van der Waals surface area contributed by atoms with Crippen LogP contribution in [0.15, 0.2) is 12.1 Å². The van der Waals surface area contributed by atoms with Crippen molar-refractivity contribution in [2.24, 2.45) is 0 Å². The van der Waals surface area contributed by atoms with Crippen molar-refractivity contribution in [2.75, 3.05) is 5.75 Å². The summed E-state index contributed by atoms with van der Waals surface area (Å²) in [6, 6.07) is 4.40. The SMILES string of the molecule is Cc1cc(C)c2nc(C3(C)CCCS3)[nH]c2c1. The first-order chi connectivity index (χ1) is 8.08. The lowest BCUT2D eigenvalue weighted by atomic mass is 10.1. The van der Waals surface area contributed by atoms with E-state index in [-0.39, 0.29) is 4.75 Å². The molecule has 1 aliphatic heterocycles. The molecule has 0 radical (unpaired) electrons. The highest BCUT2D eigenvalue weighted by Crippen LogP contribution is 2.45. The van der Waals surface area contributed by atoms with Crippen LogP contribution in [0.3, 0.4) is 0 Å². The molecule has 2 nitrogen and oxygen atoms in total. The van der Waals surface area contributed by atoms with Crippen LogP contribution in [0.2, 0.25) is 0 Å². The molecule has 0 bridgehead atoms. The van der Waals surface area contributed by atoms with Crippen molar-refractivity contribution in [3.05, 3.63) is 29.1 Å². The van der Waals surface area contributed by atoms with Gasteiger partial charge in [-0.15, -0.1) is 11.8 Å². The largest absolute Gasteiger partial charge is 0.341 e. The van der Waals surface area contributed by atoms with E-state index in [1.165, 1.54) is 35.2 Å². The third-order valence-electron chi connectivity index (χ3n) is 3.64. The van der Waals surface area contributed by atoms with E-state index in [9.17, 15) is 0 Å². The van der Waals surface area contributed by atoms with Gasteiger partial charge in [-0.05, 0) is 56.6 Å². The topological polar surface area (TPSA) is 28.7 Å². The van der Waals surface area contributed by atoms with Crippen LogP contribution >= 0.6 is 11.8 Å². The first-order valence-corrected chi connectivity index (χ1v) is 7.18. The monoisotopic (exact) mass is 246 g/mol. The number of nitrogens with one attached hydrogen (secondary N) is 1. The Bertz CT molecular complexity index is 565. The minimum absolute atomic E-state index is 0.194. The lowest BCUT2D eigenvalue weighted by molar-refractivity contribution is 0.614. The number of hydrogen-bond acceptors (Lipinski definition) is 2. The van der Waals surface area contributed by atoms with Crippen molar-refractivity contribution >= 4 is 22.8 Å². The number of aromatic amines is 1. The summed E-state index contributed by atoms with van der Waals surface area (Å²) in [6.07, 6.45) is 2.53. The predicted molar refractivity (Wildman–Crippen MR) is 74.6 cm³/mol. The predicted octanol–water partition coefficient (Wildman–Crippen LogP) is 3.92. The second kappa shape index (κ2) is 3.77. The first-order valence-electron chi connectivity index (χ1n) is 6.20. The van der Waals surface area contributed by atoms with Crippen LogP contribution in [-0.4, -0.2) is 15.7 Å². The minimum Gasteiger partial charge on any atom is -0.341 e. The number of H-pyrrole nitrogens is 1. The summed E-state index contributed by atoms with van der Waals surface area (Å²) in [7, 11) is 0. The molecule has 2 aromatic rings. The number of nitrogens with zero attached hydrogens (tertiary/aromatic N) is 1. The Morgan fingerprint density at radius 2 is 2.18 bits per heavy atom. The van der Waals surface area contributed by atoms with Gasteiger partial charge in [-0.3, -0.25) is 0 Å². The van der Waals surface area contributed by atoms with E-state index in [1.807, 2.05) is 11.8 Å². The smallest absolute Gasteiger partial charge is 0.123 e. The number of fused-ring (bicyclic) bond motifs is 1. The maximum atomic E-state index is 4.83. The van der Waals surface area contributed by atoms with E-state index in [0.29, 0.717) is 0 Å². The fourth-order valence-electron chi connectivity index (χ4n) is 2.69. The number of aromatic nitrogens is 2. The quantitative estimate of drug-likeness (QED) is 0.826. The lowest BCUT2D eigenvalue weighted by Gasteiger charge is -2.19. The van der Waals surface area contributed by atoms with Crippen LogP contribution in [0.4, 0.5) is 0 Å². The molecule has 1 unspecified atom stereocenters. The standard InChI is InChI=1S/C14H18N2S/c1-9-7-10(2)12-11(8-9)15-13(16-12)14(3)5-4-6-17-14/h7-8H,4-6H2,1-3H3,(H,15,16). The van der Waals surface area contributed by atoms with Crippen LogP contribution in [-0.2, 0) is 4.75 Å². The molecule has 1 aliphatic rings. The van der Waals surface area contributed by atoms with Crippen molar-refractivity contribution < 1.29 is 0 Å². The summed E-state index contributed by atoms with van der Waals surface area (Å²) in [5.41, 5.74) is 4.90. The zero-order valence-corrected chi connectivity index (χ0v) is 11.4. The van der Waals surface area contributed by atoms with Crippen molar-refractivity contribution in [3.63, 3.8) is 0 Å². The third kappa shape index (κ3) is 1.77. The number of thioether (sulfide) groups is 1. The summed E-state index contributed by atoms with van der Waals surface area (Å²) in [6.45, 7) is 6.59. The Hall–Kier alpha value is -0.960. The highest BCUT2D eigenvalue weighted by Gasteiger charge is 2.34. The van der Waals surface area contributed by atoms with Gasteiger partial charge < -0.3 is 4.98 Å². The molecular formula is C14H18N2S. The fourth-order valence-corrected chi connectivity index (χ4v) is 3.95. The van der Waals surface area contributed by atoms with Gasteiger partial charge in [0.2, 0.25) is 0 Å². The highest BCUT2D eigenvalue weighted by atomic mass is 32.2. The molecule has 1 N–H and O–H groups in total. The van der Waals surface area contributed by atoms with Gasteiger partial charge in [0.25, 0.3) is 0 Å². The van der Waals surface area contributed by atoms with Gasteiger partial charge in [0.1, 0.15) is 5.82 Å². The summed E-state index contributed by atoms with van der Waals surface area (Å²) in [5.74, 6) is 2.41. The van der Waals surface area contributed by atoms with Crippen molar-refractivity contribution in [1.29, 1.82) is 0 Å². The Morgan fingerprint density at radius 3 is 2.88 bits per heavy atom. The normalized spacial score (nSPS) is 24.6. The Balaban J connectivity index is 2.16. The molecule has 90 valence electrons. The van der Waals surface area contributed by atoms with Crippen LogP contribution in [0, 0.1) is 13.8 Å². The maximum absolute atomic E-state index is 4.83. The Morgan fingerprint density at radius 1 is 1.35 bits per heavy atom. The van der Waals surface area contributed by atoms with Crippen molar-refractivity contribution in [1.82, 2.24) is 9.97 Å². The number of benzene rings is 1. The van der Waals surface area contributed by atoms with E-state index in [2.05, 4.69) is 37.9 Å². The van der Waals surface area contributed by atoms with E-state index in [1.54, 1.807) is 0 Å². The minimum atomic E-state index is 0.194. The zero-order valence-electron chi connectivity index (χ0n) is 10.6. The summed E-state index contributed by atoms with van der Waals surface area (Å²) in [4.78, 5) is 8.36. The van der Waals surface area contributed by atoms with E-state index in [4.69, 9.17) is 4.98 Å². The van der Waals surface area contributed by atoms with E-state index >= 15 is 0 Å². The van der Waals surface area contributed by atoms with E-state index < -0.39 is 0 Å². The molecule has 0 spiro atoms. The van der Waals surface area contributed by atoms with Crippen molar-refractivity contribution in [2.45, 2.75) is 38.4 Å². The first kappa shape index (κ1) is 11.1. The highest BCUT2D eigenvalue weighted by molar-refractivity contribution is 8.00. The molecule has 1 atom stereocenters. The average molecular weight is 246 g/mol. The van der Waals surface area contributed by atoms with Crippen LogP contribution in [0.1, 0.15) is 36.7 Å². The molecule has 3 rings (SSSR count). The summed E-state index contributed by atoms with van der Waals surface area (Å²) >= 11 is 2.03. The third-order valence-corrected chi connectivity index (χ3v) is 5.17. The average Bonchev–Trinajstić information content (AvgIpc) is 2.84. The second-order valence-corrected chi connectivity index (χ2v) is 6.84. The molecule has 1 aromatic carbocycles. The van der Waals surface area contributed by atoms with Gasteiger partial charge >= 0.3 is 0 Å². The molecule has 1 fully saturated rings.